The molecule has 0 spiro atoms. The predicted molar refractivity (Wildman–Crippen MR) is 89.1 cm³/mol. The molecule has 0 bridgehead atoms. The van der Waals surface area contributed by atoms with Gasteiger partial charge in [-0.25, -0.2) is 0 Å². The van der Waals surface area contributed by atoms with Crippen molar-refractivity contribution in [2.75, 3.05) is 58.4 Å². The lowest BCUT2D eigenvalue weighted by molar-refractivity contribution is 0.199. The first-order valence-electron chi connectivity index (χ1n) is 7.93. The number of nitrogens with one attached hydrogen (secondary N) is 1. The van der Waals surface area contributed by atoms with E-state index in [0.717, 1.165) is 39.3 Å². The Bertz CT molecular complexity index is 436. The van der Waals surface area contributed by atoms with Gasteiger partial charge in [0, 0.05) is 45.5 Å². The number of anilines is 1. The fourth-order valence-electron chi connectivity index (χ4n) is 2.88. The first-order valence-corrected chi connectivity index (χ1v) is 7.93. The van der Waals surface area contributed by atoms with Gasteiger partial charge in [-0.05, 0) is 44.1 Å². The highest BCUT2D eigenvalue weighted by Gasteiger charge is 2.14. The third kappa shape index (κ3) is 4.99. The molecule has 0 aromatic heterocycles. The first kappa shape index (κ1) is 16.3. The molecular formula is C17H29N3O. The first-order chi connectivity index (χ1) is 10.2. The van der Waals surface area contributed by atoms with Crippen molar-refractivity contribution in [1.82, 2.24) is 10.2 Å². The molecule has 1 aliphatic rings. The second kappa shape index (κ2) is 8.37. The van der Waals surface area contributed by atoms with Crippen LogP contribution >= 0.6 is 0 Å². The van der Waals surface area contributed by atoms with Crippen LogP contribution in [0.1, 0.15) is 17.5 Å². The molecular weight excluding hydrogens is 262 g/mol. The van der Waals surface area contributed by atoms with Gasteiger partial charge in [-0.2, -0.15) is 0 Å². The Kier molecular flexibility index (Phi) is 6.49. The minimum atomic E-state index is 0.762. The van der Waals surface area contributed by atoms with Crippen LogP contribution in [0, 0.1) is 6.92 Å². The topological polar surface area (TPSA) is 27.7 Å². The SMILES string of the molecule is COCCNCc1ccc(N2CCCN(C)CC2)c(C)c1. The second-order valence-corrected chi connectivity index (χ2v) is 5.93. The molecule has 1 fully saturated rings. The van der Waals surface area contributed by atoms with E-state index in [0.29, 0.717) is 0 Å². The maximum absolute atomic E-state index is 5.05. The van der Waals surface area contributed by atoms with Crippen molar-refractivity contribution in [2.24, 2.45) is 0 Å². The number of nitrogens with zero attached hydrogens (tertiary/aromatic N) is 2. The summed E-state index contributed by atoms with van der Waals surface area (Å²) in [6, 6.07) is 6.84. The number of benzene rings is 1. The standard InChI is InChI=1S/C17H29N3O/c1-15-13-16(14-18-7-12-21-3)5-6-17(15)20-9-4-8-19(2)10-11-20/h5-6,13,18H,4,7-12,14H2,1-3H3. The summed E-state index contributed by atoms with van der Waals surface area (Å²) in [4.78, 5) is 4.95. The lowest BCUT2D eigenvalue weighted by Crippen LogP contribution is -2.29. The molecule has 2 rings (SSSR count). The minimum Gasteiger partial charge on any atom is -0.383 e. The maximum atomic E-state index is 5.05. The fraction of sp³-hybridized carbons (Fsp3) is 0.647. The molecule has 4 nitrogen and oxygen atoms in total. The third-order valence-electron chi connectivity index (χ3n) is 4.13. The molecule has 118 valence electrons. The molecule has 1 saturated heterocycles. The predicted octanol–water partition coefficient (Wildman–Crippen LogP) is 1.87. The van der Waals surface area contributed by atoms with Gasteiger partial charge in [0.2, 0.25) is 0 Å². The maximum Gasteiger partial charge on any atom is 0.0587 e. The van der Waals surface area contributed by atoms with Crippen LogP contribution in [0.25, 0.3) is 0 Å². The Hall–Kier alpha value is -1.10. The molecule has 0 aliphatic carbocycles. The molecule has 0 unspecified atom stereocenters. The quantitative estimate of drug-likeness (QED) is 0.810. The van der Waals surface area contributed by atoms with E-state index in [-0.39, 0.29) is 0 Å². The normalized spacial score (nSPS) is 17.0. The van der Waals surface area contributed by atoms with E-state index in [1.807, 2.05) is 0 Å². The Balaban J connectivity index is 1.95. The molecule has 1 N–H and O–H groups in total. The van der Waals surface area contributed by atoms with E-state index in [2.05, 4.69) is 47.3 Å². The Labute approximate surface area is 129 Å². The van der Waals surface area contributed by atoms with Gasteiger partial charge in [0.25, 0.3) is 0 Å². The van der Waals surface area contributed by atoms with Gasteiger partial charge in [-0.15, -0.1) is 0 Å². The zero-order valence-electron chi connectivity index (χ0n) is 13.7. The van der Waals surface area contributed by atoms with E-state index in [9.17, 15) is 0 Å². The lowest BCUT2D eigenvalue weighted by atomic mass is 10.1. The van der Waals surface area contributed by atoms with Crippen molar-refractivity contribution in [3.05, 3.63) is 29.3 Å². The van der Waals surface area contributed by atoms with Gasteiger partial charge in [0.05, 0.1) is 6.61 Å². The molecule has 0 atom stereocenters. The van der Waals surface area contributed by atoms with Crippen LogP contribution in [0.3, 0.4) is 0 Å². The molecule has 21 heavy (non-hydrogen) atoms. The smallest absolute Gasteiger partial charge is 0.0587 e. The average Bonchev–Trinajstić information content (AvgIpc) is 2.69. The van der Waals surface area contributed by atoms with E-state index in [4.69, 9.17) is 4.74 Å². The average molecular weight is 291 g/mol. The molecule has 0 amide bonds. The highest BCUT2D eigenvalue weighted by atomic mass is 16.5. The summed E-state index contributed by atoms with van der Waals surface area (Å²) in [5.74, 6) is 0. The number of hydrogen-bond acceptors (Lipinski definition) is 4. The summed E-state index contributed by atoms with van der Waals surface area (Å²) >= 11 is 0. The van der Waals surface area contributed by atoms with Gasteiger partial charge < -0.3 is 19.9 Å². The van der Waals surface area contributed by atoms with E-state index in [1.54, 1.807) is 7.11 Å². The number of methoxy groups -OCH3 is 1. The number of hydrogen-bond donors (Lipinski definition) is 1. The van der Waals surface area contributed by atoms with Gasteiger partial charge in [-0.3, -0.25) is 0 Å². The summed E-state index contributed by atoms with van der Waals surface area (Å²) in [5, 5.41) is 3.40. The molecule has 4 heteroatoms. The molecule has 1 aliphatic heterocycles. The van der Waals surface area contributed by atoms with E-state index in [1.165, 1.54) is 29.8 Å². The van der Waals surface area contributed by atoms with Crippen LogP contribution in [-0.2, 0) is 11.3 Å². The van der Waals surface area contributed by atoms with Crippen molar-refractivity contribution in [1.29, 1.82) is 0 Å². The van der Waals surface area contributed by atoms with Crippen molar-refractivity contribution < 1.29 is 4.74 Å². The van der Waals surface area contributed by atoms with Crippen LogP contribution in [0.5, 0.6) is 0 Å². The Morgan fingerprint density at radius 2 is 2.05 bits per heavy atom. The van der Waals surface area contributed by atoms with E-state index >= 15 is 0 Å². The molecule has 1 aromatic rings. The third-order valence-corrected chi connectivity index (χ3v) is 4.13. The fourth-order valence-corrected chi connectivity index (χ4v) is 2.88. The van der Waals surface area contributed by atoms with Crippen molar-refractivity contribution >= 4 is 5.69 Å². The number of ether oxygens (including phenoxy) is 1. The second-order valence-electron chi connectivity index (χ2n) is 5.93. The molecule has 1 heterocycles. The van der Waals surface area contributed by atoms with Crippen LogP contribution < -0.4 is 10.2 Å². The van der Waals surface area contributed by atoms with Gasteiger partial charge >= 0.3 is 0 Å². The molecule has 0 saturated carbocycles. The largest absolute Gasteiger partial charge is 0.383 e. The molecule has 0 radical (unpaired) electrons. The van der Waals surface area contributed by atoms with Gasteiger partial charge in [0.15, 0.2) is 0 Å². The summed E-state index contributed by atoms with van der Waals surface area (Å²) in [7, 11) is 3.95. The van der Waals surface area contributed by atoms with Crippen LogP contribution in [0.2, 0.25) is 0 Å². The highest BCUT2D eigenvalue weighted by molar-refractivity contribution is 5.54. The lowest BCUT2D eigenvalue weighted by Gasteiger charge is -2.25. The zero-order chi connectivity index (χ0) is 15.1. The van der Waals surface area contributed by atoms with E-state index < -0.39 is 0 Å². The van der Waals surface area contributed by atoms with Gasteiger partial charge in [-0.1, -0.05) is 12.1 Å². The van der Waals surface area contributed by atoms with Gasteiger partial charge in [0.1, 0.15) is 0 Å². The number of rotatable bonds is 6. The highest BCUT2D eigenvalue weighted by Crippen LogP contribution is 2.22. The van der Waals surface area contributed by atoms with Crippen molar-refractivity contribution in [3.8, 4) is 0 Å². The van der Waals surface area contributed by atoms with Crippen molar-refractivity contribution in [2.45, 2.75) is 19.9 Å². The number of likely N-dealkylation sites (N-methyl/N-ethyl adjacent to an activating group) is 1. The summed E-state index contributed by atoms with van der Waals surface area (Å²) in [6.07, 6.45) is 1.25. The van der Waals surface area contributed by atoms with Crippen LogP contribution in [0.15, 0.2) is 18.2 Å². The van der Waals surface area contributed by atoms with Crippen molar-refractivity contribution in [3.63, 3.8) is 0 Å². The minimum absolute atomic E-state index is 0.762. The summed E-state index contributed by atoms with van der Waals surface area (Å²) < 4.78 is 5.05. The Morgan fingerprint density at radius 3 is 2.81 bits per heavy atom. The number of aryl methyl sites for hydroxylation is 1. The summed E-state index contributed by atoms with van der Waals surface area (Å²) in [5.41, 5.74) is 4.12. The Morgan fingerprint density at radius 1 is 1.19 bits per heavy atom. The summed E-state index contributed by atoms with van der Waals surface area (Å²) in [6.45, 7) is 9.44. The molecule has 1 aromatic carbocycles. The monoisotopic (exact) mass is 291 g/mol. The zero-order valence-corrected chi connectivity index (χ0v) is 13.7. The van der Waals surface area contributed by atoms with Crippen LogP contribution in [0.4, 0.5) is 5.69 Å². The van der Waals surface area contributed by atoms with Crippen LogP contribution in [-0.4, -0.2) is 58.4 Å².